The molecule has 0 saturated carbocycles. The zero-order chi connectivity index (χ0) is 16.8. The molecule has 2 heterocycles. The summed E-state index contributed by atoms with van der Waals surface area (Å²) in [6.45, 7) is 0.554. The summed E-state index contributed by atoms with van der Waals surface area (Å²) in [4.78, 5) is 8.54. The second-order valence-electron chi connectivity index (χ2n) is 5.38. The number of pyridine rings is 1. The van der Waals surface area contributed by atoms with Crippen molar-refractivity contribution in [2.75, 3.05) is 6.61 Å². The van der Waals surface area contributed by atoms with Crippen LogP contribution >= 0.6 is 0 Å². The van der Waals surface area contributed by atoms with Gasteiger partial charge in [0.15, 0.2) is 5.82 Å². The molecule has 0 amide bonds. The van der Waals surface area contributed by atoms with E-state index in [2.05, 4.69) is 9.97 Å². The van der Waals surface area contributed by atoms with Crippen LogP contribution in [0, 0.1) is 5.82 Å². The maximum absolute atomic E-state index is 13.5. The van der Waals surface area contributed by atoms with Crippen molar-refractivity contribution in [2.45, 2.75) is 19.3 Å². The summed E-state index contributed by atoms with van der Waals surface area (Å²) in [6, 6.07) is 12.0. The van der Waals surface area contributed by atoms with E-state index in [9.17, 15) is 9.50 Å². The van der Waals surface area contributed by atoms with E-state index in [1.165, 1.54) is 6.07 Å². The van der Waals surface area contributed by atoms with Gasteiger partial charge in [0.1, 0.15) is 11.5 Å². The number of aliphatic hydroxyl groups excluding tert-OH is 1. The number of halogens is 1. The van der Waals surface area contributed by atoms with Crippen LogP contribution in [0.1, 0.15) is 5.56 Å². The van der Waals surface area contributed by atoms with Crippen LogP contribution in [-0.4, -0.2) is 32.4 Å². The molecule has 24 heavy (non-hydrogen) atoms. The van der Waals surface area contributed by atoms with Crippen molar-refractivity contribution in [3.8, 4) is 11.5 Å². The normalized spacial score (nSPS) is 12.2. The largest absolute Gasteiger partial charge is 0.389 e. The Morgan fingerprint density at radius 1 is 1.08 bits per heavy atom. The van der Waals surface area contributed by atoms with Gasteiger partial charge >= 0.3 is 0 Å². The van der Waals surface area contributed by atoms with Gasteiger partial charge in [-0.15, -0.1) is 0 Å². The van der Waals surface area contributed by atoms with Crippen molar-refractivity contribution in [3.05, 3.63) is 72.4 Å². The smallest absolute Gasteiger partial charge is 0.158 e. The molecule has 0 spiro atoms. The number of aromatic nitrogens is 3. The average molecular weight is 327 g/mol. The lowest BCUT2D eigenvalue weighted by Gasteiger charge is -2.14. The molecule has 0 bridgehead atoms. The maximum Gasteiger partial charge on any atom is 0.158 e. The molecule has 3 rings (SSSR count). The molecule has 3 aromatic rings. The number of hydrogen-bond donors (Lipinski definition) is 1. The van der Waals surface area contributed by atoms with E-state index in [0.717, 1.165) is 5.69 Å². The fraction of sp³-hybridized carbons (Fsp3) is 0.222. The Morgan fingerprint density at radius 2 is 1.92 bits per heavy atom. The molecule has 0 saturated heterocycles. The fourth-order valence-electron chi connectivity index (χ4n) is 2.38. The van der Waals surface area contributed by atoms with Gasteiger partial charge in [0.25, 0.3) is 0 Å². The molecule has 0 fully saturated rings. The van der Waals surface area contributed by atoms with Gasteiger partial charge in [-0.25, -0.2) is 9.37 Å². The highest BCUT2D eigenvalue weighted by Gasteiger charge is 2.12. The highest BCUT2D eigenvalue weighted by molar-refractivity contribution is 5.49. The molecular weight excluding hydrogens is 309 g/mol. The molecule has 0 aliphatic carbocycles. The number of nitrogens with zero attached hydrogens (tertiary/aromatic N) is 3. The van der Waals surface area contributed by atoms with E-state index in [1.54, 1.807) is 36.8 Å². The molecule has 1 aromatic carbocycles. The lowest BCUT2D eigenvalue weighted by Crippen LogP contribution is -2.22. The lowest BCUT2D eigenvalue weighted by atomic mass is 10.2. The van der Waals surface area contributed by atoms with E-state index in [1.807, 2.05) is 22.8 Å². The van der Waals surface area contributed by atoms with Crippen LogP contribution < -0.4 is 0 Å². The second-order valence-corrected chi connectivity index (χ2v) is 5.38. The Balaban J connectivity index is 1.55. The first kappa shape index (κ1) is 16.3. The average Bonchev–Trinajstić information content (AvgIpc) is 3.05. The Morgan fingerprint density at radius 3 is 2.71 bits per heavy atom. The summed E-state index contributed by atoms with van der Waals surface area (Å²) in [5.74, 6) is 0.378. The Labute approximate surface area is 139 Å². The third-order valence-electron chi connectivity index (χ3n) is 3.54. The van der Waals surface area contributed by atoms with Gasteiger partial charge in [-0.3, -0.25) is 4.98 Å². The van der Waals surface area contributed by atoms with Crippen LogP contribution in [0.25, 0.3) is 11.5 Å². The molecule has 5 nitrogen and oxygen atoms in total. The van der Waals surface area contributed by atoms with Crippen LogP contribution in [-0.2, 0) is 17.9 Å². The van der Waals surface area contributed by atoms with Crippen molar-refractivity contribution in [1.29, 1.82) is 0 Å². The van der Waals surface area contributed by atoms with Crippen molar-refractivity contribution < 1.29 is 14.2 Å². The van der Waals surface area contributed by atoms with Crippen LogP contribution in [0.15, 0.2) is 61.1 Å². The Kier molecular flexibility index (Phi) is 5.30. The minimum absolute atomic E-state index is 0.105. The fourth-order valence-corrected chi connectivity index (χ4v) is 2.38. The topological polar surface area (TPSA) is 60.2 Å². The summed E-state index contributed by atoms with van der Waals surface area (Å²) < 4.78 is 20.7. The van der Waals surface area contributed by atoms with Gasteiger partial charge in [-0.05, 0) is 18.2 Å². The predicted molar refractivity (Wildman–Crippen MR) is 87.5 cm³/mol. The summed E-state index contributed by atoms with van der Waals surface area (Å²) >= 11 is 0. The number of rotatable bonds is 7. The van der Waals surface area contributed by atoms with Crippen molar-refractivity contribution in [3.63, 3.8) is 0 Å². The summed E-state index contributed by atoms with van der Waals surface area (Å²) in [5.41, 5.74) is 1.21. The van der Waals surface area contributed by atoms with Gasteiger partial charge in [0.05, 0.1) is 25.9 Å². The molecule has 6 heteroatoms. The molecule has 1 N–H and O–H groups in total. The standard InChI is InChI=1S/C18H18FN3O2/c19-16-6-2-1-5-14(16)12-24-13-15(23)11-22-10-9-21-18(22)17-7-3-4-8-20-17/h1-10,15,23H,11-13H2/t15-/m0/s1. The summed E-state index contributed by atoms with van der Waals surface area (Å²) in [7, 11) is 0. The number of aliphatic hydroxyl groups is 1. The highest BCUT2D eigenvalue weighted by atomic mass is 19.1. The number of hydrogen-bond acceptors (Lipinski definition) is 4. The Hall–Kier alpha value is -2.57. The van der Waals surface area contributed by atoms with E-state index in [-0.39, 0.29) is 19.0 Å². The molecule has 0 unspecified atom stereocenters. The van der Waals surface area contributed by atoms with E-state index in [0.29, 0.717) is 17.9 Å². The van der Waals surface area contributed by atoms with Gasteiger partial charge in [-0.1, -0.05) is 24.3 Å². The molecule has 0 radical (unpaired) electrons. The SMILES string of the molecule is O[C@H](COCc1ccccc1F)Cn1ccnc1-c1ccccn1. The first-order valence-electron chi connectivity index (χ1n) is 7.66. The van der Waals surface area contributed by atoms with Crippen molar-refractivity contribution in [1.82, 2.24) is 14.5 Å². The molecule has 0 aliphatic rings. The maximum atomic E-state index is 13.5. The minimum atomic E-state index is -0.728. The number of imidazole rings is 1. The van der Waals surface area contributed by atoms with E-state index >= 15 is 0 Å². The molecular formula is C18H18FN3O2. The zero-order valence-electron chi connectivity index (χ0n) is 13.0. The lowest BCUT2D eigenvalue weighted by molar-refractivity contribution is 0.0196. The van der Waals surface area contributed by atoms with Crippen molar-refractivity contribution >= 4 is 0 Å². The highest BCUT2D eigenvalue weighted by Crippen LogP contribution is 2.14. The molecule has 124 valence electrons. The number of ether oxygens (including phenoxy) is 1. The second kappa shape index (κ2) is 7.81. The van der Waals surface area contributed by atoms with Crippen LogP contribution in [0.4, 0.5) is 4.39 Å². The monoisotopic (exact) mass is 327 g/mol. The van der Waals surface area contributed by atoms with Gasteiger partial charge in [0, 0.05) is 24.2 Å². The van der Waals surface area contributed by atoms with E-state index < -0.39 is 6.10 Å². The van der Waals surface area contributed by atoms with E-state index in [4.69, 9.17) is 4.74 Å². The predicted octanol–water partition coefficient (Wildman–Crippen LogP) is 2.66. The first-order chi connectivity index (χ1) is 11.7. The van der Waals surface area contributed by atoms with Gasteiger partial charge in [0.2, 0.25) is 0 Å². The summed E-state index contributed by atoms with van der Waals surface area (Å²) in [6.07, 6.45) is 4.41. The summed E-state index contributed by atoms with van der Waals surface area (Å²) in [5, 5.41) is 10.2. The molecule has 0 aliphatic heterocycles. The van der Waals surface area contributed by atoms with Gasteiger partial charge < -0.3 is 14.4 Å². The minimum Gasteiger partial charge on any atom is -0.389 e. The third-order valence-corrected chi connectivity index (χ3v) is 3.54. The quantitative estimate of drug-likeness (QED) is 0.725. The Bertz CT molecular complexity index is 777. The van der Waals surface area contributed by atoms with Crippen molar-refractivity contribution in [2.24, 2.45) is 0 Å². The van der Waals surface area contributed by atoms with Crippen LogP contribution in [0.2, 0.25) is 0 Å². The van der Waals surface area contributed by atoms with Gasteiger partial charge in [-0.2, -0.15) is 0 Å². The molecule has 1 atom stereocenters. The van der Waals surface area contributed by atoms with Crippen LogP contribution in [0.3, 0.4) is 0 Å². The molecule has 2 aromatic heterocycles. The third kappa shape index (κ3) is 4.04. The first-order valence-corrected chi connectivity index (χ1v) is 7.66. The number of benzene rings is 1. The zero-order valence-corrected chi connectivity index (χ0v) is 13.0. The van der Waals surface area contributed by atoms with Crippen LogP contribution in [0.5, 0.6) is 0 Å².